The number of nitrogens with zero attached hydrogens (tertiary/aromatic N) is 3. The fourth-order valence-corrected chi connectivity index (χ4v) is 12.4. The van der Waals surface area contributed by atoms with Crippen molar-refractivity contribution in [1.82, 2.24) is 4.57 Å². The van der Waals surface area contributed by atoms with Gasteiger partial charge in [0.2, 0.25) is 0 Å². The van der Waals surface area contributed by atoms with E-state index >= 15 is 0 Å². The first-order chi connectivity index (χ1) is 36.7. The number of fused-ring (bicyclic) bond motifs is 7. The normalized spacial score (nSPS) is 11.5. The summed E-state index contributed by atoms with van der Waals surface area (Å²) in [5.41, 5.74) is 17.2. The summed E-state index contributed by atoms with van der Waals surface area (Å²) in [4.78, 5) is 4.92. The van der Waals surface area contributed by atoms with Crippen LogP contribution in [-0.2, 0) is 0 Å². The van der Waals surface area contributed by atoms with Crippen LogP contribution >= 0.6 is 11.3 Å². The average molecular weight is 962 g/mol. The van der Waals surface area contributed by atoms with Crippen LogP contribution in [-0.4, -0.2) is 4.57 Å². The Morgan fingerprint density at radius 1 is 0.284 bits per heavy atom. The Labute approximate surface area is 434 Å². The van der Waals surface area contributed by atoms with Crippen LogP contribution in [0.25, 0.3) is 91.8 Å². The predicted octanol–water partition coefficient (Wildman–Crippen LogP) is 20.2. The van der Waals surface area contributed by atoms with Crippen molar-refractivity contribution in [2.75, 3.05) is 9.80 Å². The molecule has 0 unspecified atom stereocenters. The molecule has 14 rings (SSSR count). The molecule has 0 amide bonds. The molecule has 348 valence electrons. The molecule has 0 saturated heterocycles. The molecule has 0 aliphatic carbocycles. The van der Waals surface area contributed by atoms with Crippen LogP contribution in [0.15, 0.2) is 285 Å². The van der Waals surface area contributed by atoms with Crippen LogP contribution in [0.3, 0.4) is 0 Å². The number of thiophene rings is 1. The Morgan fingerprint density at radius 3 is 1.53 bits per heavy atom. The zero-order chi connectivity index (χ0) is 49.0. The van der Waals surface area contributed by atoms with Crippen LogP contribution < -0.4 is 9.80 Å². The van der Waals surface area contributed by atoms with Gasteiger partial charge in [0, 0.05) is 65.6 Å². The van der Waals surface area contributed by atoms with Gasteiger partial charge in [-0.15, -0.1) is 11.3 Å². The van der Waals surface area contributed by atoms with Crippen LogP contribution in [0.5, 0.6) is 0 Å². The molecule has 0 radical (unpaired) electrons. The first-order valence-corrected chi connectivity index (χ1v) is 26.1. The molecule has 3 nitrogen and oxygen atoms in total. The highest BCUT2D eigenvalue weighted by Gasteiger charge is 2.25. The summed E-state index contributed by atoms with van der Waals surface area (Å²) < 4.78 is 4.89. The molecular formula is C70H47N3S. The van der Waals surface area contributed by atoms with Crippen LogP contribution in [0.1, 0.15) is 0 Å². The van der Waals surface area contributed by atoms with E-state index in [1.54, 1.807) is 0 Å². The van der Waals surface area contributed by atoms with Gasteiger partial charge in [0.15, 0.2) is 0 Å². The maximum absolute atomic E-state index is 2.47. The third-order valence-electron chi connectivity index (χ3n) is 14.5. The van der Waals surface area contributed by atoms with E-state index in [9.17, 15) is 0 Å². The van der Waals surface area contributed by atoms with Crippen LogP contribution in [0, 0.1) is 0 Å². The summed E-state index contributed by atoms with van der Waals surface area (Å²) in [6.45, 7) is 0. The maximum Gasteiger partial charge on any atom is 0.0661 e. The number of benzene rings is 12. The fourth-order valence-electron chi connectivity index (χ4n) is 11.2. The topological polar surface area (TPSA) is 11.4 Å². The van der Waals surface area contributed by atoms with Crippen molar-refractivity contribution in [2.24, 2.45) is 0 Å². The summed E-state index contributed by atoms with van der Waals surface area (Å²) in [7, 11) is 0. The number of anilines is 6. The van der Waals surface area contributed by atoms with Gasteiger partial charge in [-0.3, -0.25) is 0 Å². The first-order valence-electron chi connectivity index (χ1n) is 25.2. The second-order valence-electron chi connectivity index (χ2n) is 18.8. The van der Waals surface area contributed by atoms with E-state index in [4.69, 9.17) is 0 Å². The molecule has 0 atom stereocenters. The van der Waals surface area contributed by atoms with Gasteiger partial charge in [0.1, 0.15) is 0 Å². The average Bonchev–Trinajstić information content (AvgIpc) is 4.03. The van der Waals surface area contributed by atoms with Crippen molar-refractivity contribution >= 4 is 98.2 Å². The summed E-state index contributed by atoms with van der Waals surface area (Å²) in [5.74, 6) is 0. The Morgan fingerprint density at radius 2 is 0.824 bits per heavy atom. The maximum atomic E-state index is 2.47. The van der Waals surface area contributed by atoms with Gasteiger partial charge in [-0.25, -0.2) is 0 Å². The van der Waals surface area contributed by atoms with Crippen molar-refractivity contribution < 1.29 is 0 Å². The Bertz CT molecular complexity index is 4340. The molecule has 0 saturated carbocycles. The van der Waals surface area contributed by atoms with Gasteiger partial charge in [0.25, 0.3) is 0 Å². The molecule has 12 aromatic carbocycles. The minimum absolute atomic E-state index is 1.06. The Balaban J connectivity index is 1.05. The number of aromatic nitrogens is 1. The minimum Gasteiger partial charge on any atom is -0.310 e. The van der Waals surface area contributed by atoms with Crippen molar-refractivity contribution in [1.29, 1.82) is 0 Å². The molecule has 2 heterocycles. The molecule has 0 spiro atoms. The van der Waals surface area contributed by atoms with E-state index in [-0.39, 0.29) is 0 Å². The quantitative estimate of drug-likeness (QED) is 0.135. The van der Waals surface area contributed by atoms with Gasteiger partial charge in [-0.05, 0) is 118 Å². The lowest BCUT2D eigenvalue weighted by molar-refractivity contribution is 1.18. The Kier molecular flexibility index (Phi) is 10.7. The predicted molar refractivity (Wildman–Crippen MR) is 317 cm³/mol. The number of para-hydroxylation sites is 5. The zero-order valence-corrected chi connectivity index (χ0v) is 41.2. The van der Waals surface area contributed by atoms with Crippen molar-refractivity contribution in [2.45, 2.75) is 0 Å². The standard InChI is InChI=1S/C70H47N3S/c1-6-21-48(22-7-1)49-37-40-55(41-38-49)71(52-25-10-3-11-26-52)67-47-56(72(53-27-12-4-13-28-53)66-43-42-57(50-23-8-2-9-24-50)59-31-16-17-32-60(59)66)46-64-63-45-51(39-44-68(63)74-70(64)67)58-34-20-35-62-61-33-18-19-36-65(61)73(69(58)62)54-29-14-5-15-30-54/h1-47H. The van der Waals surface area contributed by atoms with Crippen molar-refractivity contribution in [3.05, 3.63) is 285 Å². The lowest BCUT2D eigenvalue weighted by Crippen LogP contribution is -2.14. The molecule has 0 aliphatic rings. The largest absolute Gasteiger partial charge is 0.310 e. The molecule has 74 heavy (non-hydrogen) atoms. The molecule has 0 fully saturated rings. The molecule has 14 aromatic rings. The van der Waals surface area contributed by atoms with Gasteiger partial charge in [-0.2, -0.15) is 0 Å². The molecule has 0 N–H and O–H groups in total. The van der Waals surface area contributed by atoms with E-state index < -0.39 is 0 Å². The monoisotopic (exact) mass is 961 g/mol. The number of rotatable bonds is 10. The van der Waals surface area contributed by atoms with Gasteiger partial charge in [0.05, 0.1) is 27.1 Å². The smallest absolute Gasteiger partial charge is 0.0661 e. The first kappa shape index (κ1) is 43.3. The Hall–Kier alpha value is -9.48. The SMILES string of the molecule is c1ccc(-c2ccc(N(c3ccccc3)c3cc(N(c4ccccc4)c4ccc(-c5ccccc5)c5ccccc45)cc4c3sc3ccc(-c5cccc6c7ccccc7n(-c7ccccc7)c56)cc34)cc2)cc1. The lowest BCUT2D eigenvalue weighted by Gasteiger charge is -2.31. The second kappa shape index (κ2) is 18.3. The molecule has 4 heteroatoms. The fraction of sp³-hybridized carbons (Fsp3) is 0. The van der Waals surface area contributed by atoms with Crippen LogP contribution in [0.4, 0.5) is 34.1 Å². The van der Waals surface area contributed by atoms with E-state index in [0.717, 1.165) is 39.8 Å². The van der Waals surface area contributed by atoms with E-state index in [1.165, 1.54) is 86.1 Å². The van der Waals surface area contributed by atoms with E-state index in [1.807, 2.05) is 11.3 Å². The third-order valence-corrected chi connectivity index (χ3v) is 15.8. The number of hydrogen-bond acceptors (Lipinski definition) is 3. The molecule has 2 aromatic heterocycles. The van der Waals surface area contributed by atoms with E-state index in [0.29, 0.717) is 0 Å². The van der Waals surface area contributed by atoms with Gasteiger partial charge in [-0.1, -0.05) is 200 Å². The molecule has 0 bridgehead atoms. The van der Waals surface area contributed by atoms with E-state index in [2.05, 4.69) is 299 Å². The third kappa shape index (κ3) is 7.42. The molecule has 0 aliphatic heterocycles. The highest BCUT2D eigenvalue weighted by atomic mass is 32.1. The second-order valence-corrected chi connectivity index (χ2v) is 19.9. The van der Waals surface area contributed by atoms with Gasteiger partial charge >= 0.3 is 0 Å². The molecular weight excluding hydrogens is 915 g/mol. The van der Waals surface area contributed by atoms with Crippen molar-refractivity contribution in [3.63, 3.8) is 0 Å². The summed E-state index contributed by atoms with van der Waals surface area (Å²) in [5, 5.41) is 7.28. The highest BCUT2D eigenvalue weighted by Crippen LogP contribution is 2.51. The lowest BCUT2D eigenvalue weighted by atomic mass is 9.96. The van der Waals surface area contributed by atoms with Crippen LogP contribution in [0.2, 0.25) is 0 Å². The summed E-state index contributed by atoms with van der Waals surface area (Å²) in [6, 6.07) is 104. The summed E-state index contributed by atoms with van der Waals surface area (Å²) in [6.07, 6.45) is 0. The zero-order valence-electron chi connectivity index (χ0n) is 40.4. The minimum atomic E-state index is 1.06. The van der Waals surface area contributed by atoms with Crippen molar-refractivity contribution in [3.8, 4) is 39.1 Å². The van der Waals surface area contributed by atoms with Gasteiger partial charge < -0.3 is 14.4 Å². The summed E-state index contributed by atoms with van der Waals surface area (Å²) >= 11 is 1.87. The highest BCUT2D eigenvalue weighted by molar-refractivity contribution is 7.26. The number of hydrogen-bond donors (Lipinski definition) is 0.